The lowest BCUT2D eigenvalue weighted by molar-refractivity contribution is 0.0664. The Labute approximate surface area is 206 Å². The van der Waals surface area contributed by atoms with Gasteiger partial charge in [0.1, 0.15) is 7.14 Å². The summed E-state index contributed by atoms with van der Waals surface area (Å²) >= 11 is 0. The molecule has 2 aliphatic rings. The highest BCUT2D eigenvalue weighted by Crippen LogP contribution is 2.49. The van der Waals surface area contributed by atoms with E-state index in [4.69, 9.17) is 10.5 Å². The van der Waals surface area contributed by atoms with Gasteiger partial charge in [-0.1, -0.05) is 12.1 Å². The Hall–Kier alpha value is -3.09. The lowest BCUT2D eigenvalue weighted by atomic mass is 9.61. The van der Waals surface area contributed by atoms with Crippen LogP contribution in [0.3, 0.4) is 0 Å². The first-order valence-electron chi connectivity index (χ1n) is 11.9. The van der Waals surface area contributed by atoms with E-state index in [-0.39, 0.29) is 0 Å². The SMILES string of the molecule is COc1cnc(Nc2ccc(N3CC4(CC(N)C4)C3)c(C)c2)nc1Nc1ccccc1P(C)(C)=O. The van der Waals surface area contributed by atoms with E-state index in [1.165, 1.54) is 11.3 Å². The molecule has 1 saturated carbocycles. The van der Waals surface area contributed by atoms with Gasteiger partial charge < -0.3 is 30.6 Å². The van der Waals surface area contributed by atoms with Crippen molar-refractivity contribution < 1.29 is 9.30 Å². The standard InChI is InChI=1S/C26H33N6O2P/c1-17-11-19(9-10-21(17)32-15-26(16-32)12-18(27)13-26)29-25-28-14-22(34-2)24(31-25)30-20-7-5-6-8-23(20)35(3,4)33/h5-11,14,18H,12-13,15-16,27H2,1-4H3,(H2,28,29,30,31). The smallest absolute Gasteiger partial charge is 0.229 e. The molecule has 2 fully saturated rings. The van der Waals surface area contributed by atoms with E-state index in [9.17, 15) is 4.57 Å². The lowest BCUT2D eigenvalue weighted by Gasteiger charge is -2.59. The summed E-state index contributed by atoms with van der Waals surface area (Å²) in [5.74, 6) is 1.45. The quantitative estimate of drug-likeness (QED) is 0.416. The summed E-state index contributed by atoms with van der Waals surface area (Å²) in [4.78, 5) is 11.5. The molecular formula is C26H33N6O2P. The van der Waals surface area contributed by atoms with Crippen LogP contribution < -0.4 is 31.3 Å². The predicted molar refractivity (Wildman–Crippen MR) is 144 cm³/mol. The number of aromatic nitrogens is 2. The fourth-order valence-corrected chi connectivity index (χ4v) is 6.46. The van der Waals surface area contributed by atoms with Crippen LogP contribution in [0, 0.1) is 12.3 Å². The zero-order valence-electron chi connectivity index (χ0n) is 20.7. The molecule has 1 spiro atoms. The molecule has 0 radical (unpaired) electrons. The number of benzene rings is 2. The number of ether oxygens (including phenoxy) is 1. The van der Waals surface area contributed by atoms with Gasteiger partial charge in [-0.15, -0.1) is 0 Å². The van der Waals surface area contributed by atoms with Crippen LogP contribution in [0.15, 0.2) is 48.7 Å². The van der Waals surface area contributed by atoms with Gasteiger partial charge in [0.15, 0.2) is 11.6 Å². The highest BCUT2D eigenvalue weighted by molar-refractivity contribution is 7.70. The van der Waals surface area contributed by atoms with Crippen LogP contribution >= 0.6 is 7.14 Å². The number of methoxy groups -OCH3 is 1. The molecule has 4 N–H and O–H groups in total. The van der Waals surface area contributed by atoms with E-state index in [0.29, 0.717) is 29.0 Å². The average molecular weight is 493 g/mol. The van der Waals surface area contributed by atoms with Gasteiger partial charge in [-0.3, -0.25) is 0 Å². The molecule has 1 saturated heterocycles. The van der Waals surface area contributed by atoms with Gasteiger partial charge in [0, 0.05) is 41.2 Å². The van der Waals surface area contributed by atoms with Gasteiger partial charge in [-0.05, 0) is 69.0 Å². The number of nitrogens with two attached hydrogens (primary N) is 1. The van der Waals surface area contributed by atoms with Crippen LogP contribution in [0.4, 0.5) is 28.8 Å². The second-order valence-electron chi connectivity index (χ2n) is 10.3. The number of anilines is 5. The van der Waals surface area contributed by atoms with E-state index in [0.717, 1.165) is 42.6 Å². The zero-order valence-corrected chi connectivity index (χ0v) is 21.6. The topological polar surface area (TPSA) is 105 Å². The molecule has 0 bridgehead atoms. The van der Waals surface area contributed by atoms with Gasteiger partial charge in [-0.25, -0.2) is 4.98 Å². The largest absolute Gasteiger partial charge is 0.491 e. The van der Waals surface area contributed by atoms with Crippen LogP contribution in [0.2, 0.25) is 0 Å². The summed E-state index contributed by atoms with van der Waals surface area (Å²) in [6.07, 6.45) is 3.92. The highest BCUT2D eigenvalue weighted by atomic mass is 31.2. The molecule has 184 valence electrons. The maximum atomic E-state index is 12.8. The van der Waals surface area contributed by atoms with Crippen LogP contribution in [-0.2, 0) is 4.57 Å². The number of hydrogen-bond acceptors (Lipinski definition) is 8. The third kappa shape index (κ3) is 4.73. The Kier molecular flexibility index (Phi) is 5.98. The van der Waals surface area contributed by atoms with Crippen LogP contribution in [0.1, 0.15) is 18.4 Å². The third-order valence-electron chi connectivity index (χ3n) is 6.95. The molecule has 35 heavy (non-hydrogen) atoms. The van der Waals surface area contributed by atoms with E-state index in [2.05, 4.69) is 50.6 Å². The van der Waals surface area contributed by atoms with Crippen LogP contribution in [-0.4, -0.2) is 49.5 Å². The average Bonchev–Trinajstić information content (AvgIpc) is 2.76. The van der Waals surface area contributed by atoms with Crippen LogP contribution in [0.5, 0.6) is 5.75 Å². The van der Waals surface area contributed by atoms with Crippen molar-refractivity contribution in [3.63, 3.8) is 0 Å². The summed E-state index contributed by atoms with van der Waals surface area (Å²) in [5, 5.41) is 7.36. The van der Waals surface area contributed by atoms with Crippen molar-refractivity contribution in [1.29, 1.82) is 0 Å². The molecule has 9 heteroatoms. The van der Waals surface area contributed by atoms with E-state index >= 15 is 0 Å². The number of aryl methyl sites for hydroxylation is 1. The van der Waals surface area contributed by atoms with Crippen molar-refractivity contribution in [2.24, 2.45) is 11.1 Å². The molecule has 3 aromatic rings. The zero-order chi connectivity index (χ0) is 24.8. The van der Waals surface area contributed by atoms with E-state index < -0.39 is 7.14 Å². The van der Waals surface area contributed by atoms with E-state index in [1.54, 1.807) is 26.6 Å². The second kappa shape index (κ2) is 8.85. The van der Waals surface area contributed by atoms with Crippen molar-refractivity contribution in [2.75, 3.05) is 49.1 Å². The molecule has 5 rings (SSSR count). The molecule has 2 heterocycles. The molecule has 1 aliphatic heterocycles. The summed E-state index contributed by atoms with van der Waals surface area (Å²) in [6, 6.07) is 14.3. The number of hydrogen-bond donors (Lipinski definition) is 3. The lowest BCUT2D eigenvalue weighted by Crippen LogP contribution is -2.65. The van der Waals surface area contributed by atoms with Crippen molar-refractivity contribution in [1.82, 2.24) is 9.97 Å². The maximum Gasteiger partial charge on any atom is 0.229 e. The van der Waals surface area contributed by atoms with Gasteiger partial charge in [0.05, 0.1) is 19.0 Å². The monoisotopic (exact) mass is 492 g/mol. The van der Waals surface area contributed by atoms with Gasteiger partial charge in [0.25, 0.3) is 0 Å². The molecule has 1 aromatic heterocycles. The van der Waals surface area contributed by atoms with Crippen molar-refractivity contribution in [3.05, 3.63) is 54.2 Å². The second-order valence-corrected chi connectivity index (χ2v) is 13.4. The van der Waals surface area contributed by atoms with Gasteiger partial charge >= 0.3 is 0 Å². The minimum Gasteiger partial charge on any atom is -0.491 e. The summed E-state index contributed by atoms with van der Waals surface area (Å²) < 4.78 is 18.2. The number of rotatable bonds is 7. The van der Waals surface area contributed by atoms with Crippen molar-refractivity contribution >= 4 is 41.3 Å². The number of para-hydroxylation sites is 1. The molecule has 8 nitrogen and oxygen atoms in total. The Bertz CT molecular complexity index is 1290. The first-order valence-corrected chi connectivity index (χ1v) is 14.5. The molecular weight excluding hydrogens is 459 g/mol. The first kappa shape index (κ1) is 23.6. The first-order chi connectivity index (χ1) is 16.7. The number of nitrogens with zero attached hydrogens (tertiary/aromatic N) is 3. The highest BCUT2D eigenvalue weighted by Gasteiger charge is 2.51. The molecule has 1 aliphatic carbocycles. The minimum absolute atomic E-state index is 0.385. The fraction of sp³-hybridized carbons (Fsp3) is 0.385. The van der Waals surface area contributed by atoms with Gasteiger partial charge in [0.2, 0.25) is 5.95 Å². The summed E-state index contributed by atoms with van der Waals surface area (Å²) in [7, 11) is -0.906. The fourth-order valence-electron chi connectivity index (χ4n) is 5.31. The molecule has 0 amide bonds. The van der Waals surface area contributed by atoms with Gasteiger partial charge in [-0.2, -0.15) is 4.98 Å². The Morgan fingerprint density at radius 2 is 1.89 bits per heavy atom. The summed E-state index contributed by atoms with van der Waals surface area (Å²) in [5.41, 5.74) is 10.6. The normalized spacial score (nSPS) is 17.0. The van der Waals surface area contributed by atoms with E-state index in [1.807, 2.05) is 24.3 Å². The Morgan fingerprint density at radius 3 is 2.54 bits per heavy atom. The third-order valence-corrected chi connectivity index (χ3v) is 8.50. The Morgan fingerprint density at radius 1 is 1.14 bits per heavy atom. The minimum atomic E-state index is -2.48. The van der Waals surface area contributed by atoms with Crippen molar-refractivity contribution in [2.45, 2.75) is 25.8 Å². The summed E-state index contributed by atoms with van der Waals surface area (Å²) in [6.45, 7) is 7.82. The maximum absolute atomic E-state index is 12.8. The molecule has 2 aromatic carbocycles. The number of nitrogens with one attached hydrogen (secondary N) is 2. The Balaban J connectivity index is 1.33. The van der Waals surface area contributed by atoms with Crippen molar-refractivity contribution in [3.8, 4) is 5.75 Å². The van der Waals surface area contributed by atoms with Crippen LogP contribution in [0.25, 0.3) is 0 Å². The molecule has 0 unspecified atom stereocenters. The molecule has 0 atom stereocenters. The predicted octanol–water partition coefficient (Wildman–Crippen LogP) is 4.46.